The highest BCUT2D eigenvalue weighted by Gasteiger charge is 2.27. The van der Waals surface area contributed by atoms with Crippen LogP contribution in [-0.4, -0.2) is 39.5 Å². The molecular formula is C12H20N2O3S2. The van der Waals surface area contributed by atoms with Gasteiger partial charge in [0, 0.05) is 31.6 Å². The van der Waals surface area contributed by atoms with E-state index in [1.54, 1.807) is 18.5 Å². The van der Waals surface area contributed by atoms with Gasteiger partial charge in [0.15, 0.2) is 0 Å². The standard InChI is InChI=1S/C12H20N2O3S2/c1-14(8-10-3-2-5-17-9-10)19(15,16)12-4-6-18-11(12)7-13/h4,6,10H,2-3,5,7-9,13H2,1H3. The van der Waals surface area contributed by atoms with Crippen LogP contribution in [0.1, 0.15) is 17.7 Å². The molecule has 1 saturated heterocycles. The van der Waals surface area contributed by atoms with Crippen molar-refractivity contribution in [2.45, 2.75) is 24.3 Å². The van der Waals surface area contributed by atoms with E-state index in [1.165, 1.54) is 15.6 Å². The quantitative estimate of drug-likeness (QED) is 0.888. The molecule has 1 aromatic rings. The number of thiophene rings is 1. The molecule has 0 aliphatic carbocycles. The second-order valence-electron chi connectivity index (χ2n) is 4.78. The molecule has 1 fully saturated rings. The lowest BCUT2D eigenvalue weighted by molar-refractivity contribution is 0.0495. The number of ether oxygens (including phenoxy) is 1. The molecule has 1 aliphatic heterocycles. The van der Waals surface area contributed by atoms with Gasteiger partial charge in [-0.05, 0) is 30.2 Å². The molecule has 2 heterocycles. The van der Waals surface area contributed by atoms with Crippen LogP contribution in [0, 0.1) is 5.92 Å². The van der Waals surface area contributed by atoms with Gasteiger partial charge in [-0.1, -0.05) is 0 Å². The molecule has 5 nitrogen and oxygen atoms in total. The Morgan fingerprint density at radius 3 is 3.00 bits per heavy atom. The monoisotopic (exact) mass is 304 g/mol. The predicted molar refractivity (Wildman–Crippen MR) is 75.6 cm³/mol. The van der Waals surface area contributed by atoms with Gasteiger partial charge < -0.3 is 10.5 Å². The van der Waals surface area contributed by atoms with E-state index in [9.17, 15) is 8.42 Å². The second kappa shape index (κ2) is 6.32. The van der Waals surface area contributed by atoms with E-state index >= 15 is 0 Å². The van der Waals surface area contributed by atoms with Gasteiger partial charge in [0.1, 0.15) is 0 Å². The molecule has 2 N–H and O–H groups in total. The Labute approximate surface area is 118 Å². The highest BCUT2D eigenvalue weighted by atomic mass is 32.2. The zero-order valence-corrected chi connectivity index (χ0v) is 12.7. The van der Waals surface area contributed by atoms with Crippen molar-refractivity contribution in [1.29, 1.82) is 0 Å². The van der Waals surface area contributed by atoms with Crippen LogP contribution in [-0.2, 0) is 21.3 Å². The lowest BCUT2D eigenvalue weighted by Gasteiger charge is -2.26. The van der Waals surface area contributed by atoms with Crippen molar-refractivity contribution >= 4 is 21.4 Å². The Morgan fingerprint density at radius 1 is 1.58 bits per heavy atom. The Kier molecular flexibility index (Phi) is 4.97. The summed E-state index contributed by atoms with van der Waals surface area (Å²) >= 11 is 1.38. The SMILES string of the molecule is CN(CC1CCCOC1)S(=O)(=O)c1ccsc1CN. The van der Waals surface area contributed by atoms with Crippen molar-refractivity contribution < 1.29 is 13.2 Å². The van der Waals surface area contributed by atoms with Gasteiger partial charge in [-0.15, -0.1) is 11.3 Å². The summed E-state index contributed by atoms with van der Waals surface area (Å²) in [6.07, 6.45) is 2.03. The van der Waals surface area contributed by atoms with Crippen molar-refractivity contribution in [3.05, 3.63) is 16.3 Å². The number of sulfonamides is 1. The fourth-order valence-electron chi connectivity index (χ4n) is 2.29. The molecule has 1 unspecified atom stereocenters. The van der Waals surface area contributed by atoms with Gasteiger partial charge in [0.25, 0.3) is 0 Å². The number of hydrogen-bond donors (Lipinski definition) is 1. The Balaban J connectivity index is 2.10. The van der Waals surface area contributed by atoms with Crippen LogP contribution in [0.25, 0.3) is 0 Å². The maximum atomic E-state index is 12.5. The first-order valence-corrected chi connectivity index (χ1v) is 8.68. The maximum absolute atomic E-state index is 12.5. The van der Waals surface area contributed by atoms with Gasteiger partial charge in [-0.25, -0.2) is 12.7 Å². The topological polar surface area (TPSA) is 72.6 Å². The van der Waals surface area contributed by atoms with Gasteiger partial charge in [0.2, 0.25) is 10.0 Å². The van der Waals surface area contributed by atoms with Crippen LogP contribution in [0.5, 0.6) is 0 Å². The van der Waals surface area contributed by atoms with Crippen LogP contribution >= 0.6 is 11.3 Å². The van der Waals surface area contributed by atoms with Gasteiger partial charge in [-0.2, -0.15) is 0 Å². The van der Waals surface area contributed by atoms with Crippen molar-refractivity contribution in [2.75, 3.05) is 26.8 Å². The molecular weight excluding hydrogens is 284 g/mol. The molecule has 0 spiro atoms. The zero-order chi connectivity index (χ0) is 13.9. The maximum Gasteiger partial charge on any atom is 0.243 e. The van der Waals surface area contributed by atoms with Crippen LogP contribution in [0.3, 0.4) is 0 Å². The summed E-state index contributed by atoms with van der Waals surface area (Å²) in [5.41, 5.74) is 5.58. The summed E-state index contributed by atoms with van der Waals surface area (Å²) in [5.74, 6) is 0.286. The van der Waals surface area contributed by atoms with E-state index in [-0.39, 0.29) is 12.5 Å². The van der Waals surface area contributed by atoms with Crippen LogP contribution in [0.4, 0.5) is 0 Å². The normalized spacial score (nSPS) is 20.9. The molecule has 7 heteroatoms. The van der Waals surface area contributed by atoms with Crippen molar-refractivity contribution in [2.24, 2.45) is 11.7 Å². The lowest BCUT2D eigenvalue weighted by Crippen LogP contribution is -2.35. The summed E-state index contributed by atoms with van der Waals surface area (Å²) in [4.78, 5) is 1.06. The molecule has 108 valence electrons. The summed E-state index contributed by atoms with van der Waals surface area (Å²) in [6.45, 7) is 2.19. The van der Waals surface area contributed by atoms with Crippen LogP contribution in [0.15, 0.2) is 16.3 Å². The van der Waals surface area contributed by atoms with E-state index in [0.29, 0.717) is 22.9 Å². The predicted octanol–water partition coefficient (Wildman–Crippen LogP) is 1.25. The second-order valence-corrected chi connectivity index (χ2v) is 7.79. The molecule has 19 heavy (non-hydrogen) atoms. The van der Waals surface area contributed by atoms with Crippen molar-refractivity contribution in [3.8, 4) is 0 Å². The first-order chi connectivity index (χ1) is 9.05. The van der Waals surface area contributed by atoms with E-state index in [0.717, 1.165) is 19.4 Å². The molecule has 1 aliphatic rings. The van der Waals surface area contributed by atoms with E-state index in [1.807, 2.05) is 0 Å². The molecule has 0 aromatic carbocycles. The molecule has 0 amide bonds. The highest BCUT2D eigenvalue weighted by molar-refractivity contribution is 7.89. The van der Waals surface area contributed by atoms with Gasteiger partial charge in [0.05, 0.1) is 11.5 Å². The largest absolute Gasteiger partial charge is 0.381 e. The first-order valence-electron chi connectivity index (χ1n) is 6.36. The number of rotatable bonds is 5. The molecule has 1 aromatic heterocycles. The minimum atomic E-state index is -3.43. The number of hydrogen-bond acceptors (Lipinski definition) is 5. The van der Waals surface area contributed by atoms with E-state index < -0.39 is 10.0 Å². The van der Waals surface area contributed by atoms with Crippen LogP contribution in [0.2, 0.25) is 0 Å². The number of nitrogens with two attached hydrogens (primary N) is 1. The third kappa shape index (κ3) is 3.35. The van der Waals surface area contributed by atoms with Gasteiger partial charge in [-0.3, -0.25) is 0 Å². The third-order valence-corrected chi connectivity index (χ3v) is 6.33. The van der Waals surface area contributed by atoms with Gasteiger partial charge >= 0.3 is 0 Å². The Bertz CT molecular complexity index is 507. The first kappa shape index (κ1) is 14.9. The minimum absolute atomic E-state index is 0.257. The molecule has 0 radical (unpaired) electrons. The number of nitrogens with zero attached hydrogens (tertiary/aromatic N) is 1. The molecule has 2 rings (SSSR count). The fraction of sp³-hybridized carbons (Fsp3) is 0.667. The minimum Gasteiger partial charge on any atom is -0.381 e. The molecule has 0 bridgehead atoms. The Hall–Kier alpha value is -0.470. The average Bonchev–Trinajstić information content (AvgIpc) is 2.88. The Morgan fingerprint density at radius 2 is 2.37 bits per heavy atom. The lowest BCUT2D eigenvalue weighted by atomic mass is 10.0. The van der Waals surface area contributed by atoms with E-state index in [2.05, 4.69) is 0 Å². The summed E-state index contributed by atoms with van der Waals surface area (Å²) in [7, 11) is -1.80. The zero-order valence-electron chi connectivity index (χ0n) is 11.0. The molecule has 1 atom stereocenters. The van der Waals surface area contributed by atoms with E-state index in [4.69, 9.17) is 10.5 Å². The average molecular weight is 304 g/mol. The summed E-state index contributed by atoms with van der Waals surface area (Å²) in [5, 5.41) is 1.77. The van der Waals surface area contributed by atoms with Crippen molar-refractivity contribution in [3.63, 3.8) is 0 Å². The molecule has 0 saturated carbocycles. The summed E-state index contributed by atoms with van der Waals surface area (Å²) in [6, 6.07) is 1.63. The fourth-order valence-corrected chi connectivity index (χ4v) is 4.84. The van der Waals surface area contributed by atoms with Crippen molar-refractivity contribution in [1.82, 2.24) is 4.31 Å². The third-order valence-electron chi connectivity index (χ3n) is 3.35. The van der Waals surface area contributed by atoms with Crippen LogP contribution < -0.4 is 5.73 Å². The summed E-state index contributed by atoms with van der Waals surface area (Å²) < 4.78 is 31.8. The highest BCUT2D eigenvalue weighted by Crippen LogP contribution is 2.25. The smallest absolute Gasteiger partial charge is 0.243 e.